The van der Waals surface area contributed by atoms with Crippen LogP contribution >= 0.6 is 11.6 Å². The quantitative estimate of drug-likeness (QED) is 0.340. The van der Waals surface area contributed by atoms with E-state index in [-0.39, 0.29) is 11.4 Å². The van der Waals surface area contributed by atoms with Gasteiger partial charge in [0.15, 0.2) is 0 Å². The lowest BCUT2D eigenvalue weighted by atomic mass is 9.79. The summed E-state index contributed by atoms with van der Waals surface area (Å²) in [5.41, 5.74) is 7.37. The Hall–Kier alpha value is -3.05. The molecule has 172 valence electrons. The molecular formula is C27H31ClN4O. The number of anilines is 1. The van der Waals surface area contributed by atoms with Crippen LogP contribution in [0.5, 0.6) is 0 Å². The number of halogens is 1. The predicted molar refractivity (Wildman–Crippen MR) is 137 cm³/mol. The lowest BCUT2D eigenvalue weighted by Gasteiger charge is -2.47. The highest BCUT2D eigenvalue weighted by Gasteiger charge is 2.36. The molecule has 33 heavy (non-hydrogen) atoms. The fourth-order valence-corrected chi connectivity index (χ4v) is 5.08. The number of nitrogens with one attached hydrogen (secondary N) is 1. The van der Waals surface area contributed by atoms with E-state index < -0.39 is 0 Å². The average molecular weight is 463 g/mol. The molecule has 2 aromatic carbocycles. The molecule has 6 heteroatoms. The molecule has 1 unspecified atom stereocenters. The third kappa shape index (κ3) is 4.69. The third-order valence-corrected chi connectivity index (χ3v) is 6.68. The molecule has 0 spiro atoms. The lowest BCUT2D eigenvalue weighted by molar-refractivity contribution is 0.0955. The van der Waals surface area contributed by atoms with E-state index in [1.807, 2.05) is 47.3 Å². The molecule has 1 aromatic heterocycles. The number of carbonyl (C=O) groups is 1. The lowest BCUT2D eigenvalue weighted by Crippen LogP contribution is -2.48. The summed E-state index contributed by atoms with van der Waals surface area (Å²) >= 11 is 6.66. The number of nitrogens with zero attached hydrogens (tertiary/aromatic N) is 3. The molecule has 2 heterocycles. The molecule has 1 aliphatic heterocycles. The molecule has 0 aliphatic carbocycles. The first-order valence-electron chi connectivity index (χ1n) is 11.5. The van der Waals surface area contributed by atoms with Gasteiger partial charge < -0.3 is 9.47 Å². The number of rotatable bonds is 6. The van der Waals surface area contributed by atoms with Crippen molar-refractivity contribution in [1.29, 1.82) is 0 Å². The SMILES string of the molecule is CCCN1c2cc(Cl)c(/C=N\NC(=O)c3ccccc3-n3cccc3)cc2C(C)CC1(C)C. The first kappa shape index (κ1) is 23.1. The second-order valence-corrected chi connectivity index (χ2v) is 9.72. The summed E-state index contributed by atoms with van der Waals surface area (Å²) in [6, 6.07) is 15.5. The highest BCUT2D eigenvalue weighted by molar-refractivity contribution is 6.33. The van der Waals surface area contributed by atoms with Crippen LogP contribution in [0.3, 0.4) is 0 Å². The smallest absolute Gasteiger partial charge is 0.273 e. The highest BCUT2D eigenvalue weighted by atomic mass is 35.5. The Morgan fingerprint density at radius 2 is 1.91 bits per heavy atom. The van der Waals surface area contributed by atoms with Gasteiger partial charge in [-0.05, 0) is 74.6 Å². The van der Waals surface area contributed by atoms with Crippen LogP contribution in [0.1, 0.15) is 67.9 Å². The molecule has 1 N–H and O–H groups in total. The van der Waals surface area contributed by atoms with Crippen LogP contribution in [-0.2, 0) is 0 Å². The minimum atomic E-state index is -0.270. The number of carbonyl (C=O) groups excluding carboxylic acids is 1. The van der Waals surface area contributed by atoms with Crippen molar-refractivity contribution in [1.82, 2.24) is 9.99 Å². The molecule has 4 rings (SSSR count). The average Bonchev–Trinajstić information content (AvgIpc) is 3.32. The normalized spacial score (nSPS) is 17.2. The van der Waals surface area contributed by atoms with Crippen LogP contribution in [0.4, 0.5) is 5.69 Å². The molecule has 0 saturated carbocycles. The number of para-hydroxylation sites is 1. The second kappa shape index (κ2) is 9.44. The molecular weight excluding hydrogens is 432 g/mol. The topological polar surface area (TPSA) is 49.6 Å². The van der Waals surface area contributed by atoms with Crippen LogP contribution in [-0.4, -0.2) is 28.8 Å². The molecule has 0 radical (unpaired) electrons. The van der Waals surface area contributed by atoms with Gasteiger partial charge in [0.05, 0.1) is 22.5 Å². The highest BCUT2D eigenvalue weighted by Crippen LogP contribution is 2.45. The number of benzene rings is 2. The number of fused-ring (bicyclic) bond motifs is 1. The Bertz CT molecular complexity index is 1170. The number of amides is 1. The summed E-state index contributed by atoms with van der Waals surface area (Å²) in [6.45, 7) is 10.1. The van der Waals surface area contributed by atoms with Gasteiger partial charge in [-0.1, -0.05) is 37.6 Å². The van der Waals surface area contributed by atoms with E-state index in [9.17, 15) is 4.79 Å². The Morgan fingerprint density at radius 1 is 1.18 bits per heavy atom. The fraction of sp³-hybridized carbons (Fsp3) is 0.333. The van der Waals surface area contributed by atoms with Gasteiger partial charge in [-0.3, -0.25) is 4.79 Å². The minimum Gasteiger partial charge on any atom is -0.366 e. The van der Waals surface area contributed by atoms with Crippen LogP contribution in [0.2, 0.25) is 5.02 Å². The molecule has 0 saturated heterocycles. The van der Waals surface area contributed by atoms with Gasteiger partial charge in [-0.25, -0.2) is 5.43 Å². The van der Waals surface area contributed by atoms with Crippen LogP contribution in [0.15, 0.2) is 66.0 Å². The van der Waals surface area contributed by atoms with Crippen molar-refractivity contribution in [2.75, 3.05) is 11.4 Å². The van der Waals surface area contributed by atoms with E-state index in [2.05, 4.69) is 55.3 Å². The van der Waals surface area contributed by atoms with Crippen LogP contribution < -0.4 is 10.3 Å². The Morgan fingerprint density at radius 3 is 2.64 bits per heavy atom. The maximum Gasteiger partial charge on any atom is 0.273 e. The van der Waals surface area contributed by atoms with Gasteiger partial charge in [0.1, 0.15) is 0 Å². The van der Waals surface area contributed by atoms with E-state index in [0.29, 0.717) is 16.5 Å². The summed E-state index contributed by atoms with van der Waals surface area (Å²) < 4.78 is 1.91. The summed E-state index contributed by atoms with van der Waals surface area (Å²) in [7, 11) is 0. The van der Waals surface area contributed by atoms with E-state index in [4.69, 9.17) is 11.6 Å². The first-order valence-corrected chi connectivity index (χ1v) is 11.9. The maximum atomic E-state index is 12.8. The van der Waals surface area contributed by atoms with Crippen molar-refractivity contribution >= 4 is 29.4 Å². The molecule has 3 aromatic rings. The predicted octanol–water partition coefficient (Wildman–Crippen LogP) is 6.40. The Labute approximate surface area is 201 Å². The molecule has 1 atom stereocenters. The van der Waals surface area contributed by atoms with Gasteiger partial charge in [0, 0.05) is 35.7 Å². The Balaban J connectivity index is 1.57. The van der Waals surface area contributed by atoms with Crippen molar-refractivity contribution in [2.45, 2.75) is 52.0 Å². The van der Waals surface area contributed by atoms with Crippen molar-refractivity contribution in [3.05, 3.63) is 82.6 Å². The number of hydrogen-bond acceptors (Lipinski definition) is 3. The zero-order valence-corrected chi connectivity index (χ0v) is 20.4. The van der Waals surface area contributed by atoms with E-state index in [0.717, 1.165) is 30.6 Å². The summed E-state index contributed by atoms with van der Waals surface area (Å²) in [6.07, 6.45) is 7.61. The van der Waals surface area contributed by atoms with Crippen LogP contribution in [0.25, 0.3) is 5.69 Å². The zero-order valence-electron chi connectivity index (χ0n) is 19.7. The van der Waals surface area contributed by atoms with E-state index in [1.54, 1.807) is 12.3 Å². The largest absolute Gasteiger partial charge is 0.366 e. The number of hydrogen-bond donors (Lipinski definition) is 1. The van der Waals surface area contributed by atoms with Gasteiger partial charge >= 0.3 is 0 Å². The monoisotopic (exact) mass is 462 g/mol. The van der Waals surface area contributed by atoms with Gasteiger partial charge in [-0.2, -0.15) is 5.10 Å². The van der Waals surface area contributed by atoms with Crippen LogP contribution in [0, 0.1) is 0 Å². The first-order chi connectivity index (χ1) is 15.8. The Kier molecular flexibility index (Phi) is 6.61. The summed E-state index contributed by atoms with van der Waals surface area (Å²) in [5.74, 6) is 0.143. The number of aromatic nitrogens is 1. The molecule has 0 fully saturated rings. The van der Waals surface area contributed by atoms with Crippen molar-refractivity contribution in [2.24, 2.45) is 5.10 Å². The molecule has 5 nitrogen and oxygen atoms in total. The van der Waals surface area contributed by atoms with Gasteiger partial charge in [0.2, 0.25) is 0 Å². The standard InChI is InChI=1S/C27H31ClN4O/c1-5-12-32-25-16-23(28)20(15-22(25)19(2)17-27(32,3)4)18-29-30-26(33)21-10-6-7-11-24(21)31-13-8-9-14-31/h6-11,13-16,18-19H,5,12,17H2,1-4H3,(H,30,33)/b29-18-. The minimum absolute atomic E-state index is 0.0858. The molecule has 1 amide bonds. The van der Waals surface area contributed by atoms with Crippen molar-refractivity contribution < 1.29 is 4.79 Å². The molecule has 1 aliphatic rings. The molecule has 0 bridgehead atoms. The van der Waals surface area contributed by atoms with Crippen molar-refractivity contribution in [3.8, 4) is 5.69 Å². The van der Waals surface area contributed by atoms with Crippen molar-refractivity contribution in [3.63, 3.8) is 0 Å². The number of hydrazone groups is 1. The fourth-order valence-electron chi connectivity index (χ4n) is 4.87. The summed E-state index contributed by atoms with van der Waals surface area (Å²) in [4.78, 5) is 15.3. The van der Waals surface area contributed by atoms with E-state index >= 15 is 0 Å². The van der Waals surface area contributed by atoms with E-state index in [1.165, 1.54) is 11.3 Å². The zero-order chi connectivity index (χ0) is 23.6. The maximum absolute atomic E-state index is 12.8. The second-order valence-electron chi connectivity index (χ2n) is 9.31. The summed E-state index contributed by atoms with van der Waals surface area (Å²) in [5, 5.41) is 4.86. The third-order valence-electron chi connectivity index (χ3n) is 6.35. The van der Waals surface area contributed by atoms with Gasteiger partial charge in [-0.15, -0.1) is 0 Å². The van der Waals surface area contributed by atoms with Gasteiger partial charge in [0.25, 0.3) is 5.91 Å².